The van der Waals surface area contributed by atoms with Crippen molar-refractivity contribution in [2.24, 2.45) is 11.8 Å². The van der Waals surface area contributed by atoms with E-state index < -0.39 is 0 Å². The molecule has 7 heteroatoms. The SMILES string of the molecule is Cc1ccc(CNC(=O)Cn2c(C)cc3c(c2=O)NC(=O)C(CC2CCC2)C3)c(C)n1. The van der Waals surface area contributed by atoms with Crippen molar-refractivity contribution in [3.63, 3.8) is 0 Å². The lowest BCUT2D eigenvalue weighted by atomic mass is 9.76. The zero-order chi connectivity index (χ0) is 22.1. The molecule has 2 aromatic rings. The number of fused-ring (bicyclic) bond motifs is 1. The standard InChI is InChI=1S/C24H30N4O3/c1-14-7-8-18(16(3)26-14)12-25-21(29)13-28-15(2)9-19-11-20(10-17-5-4-6-17)23(30)27-22(19)24(28)31/h7-9,17,20H,4-6,10-13H2,1-3H3,(H,25,29)(H,27,30). The molecule has 31 heavy (non-hydrogen) atoms. The highest BCUT2D eigenvalue weighted by Gasteiger charge is 2.32. The number of carbonyl (C=O) groups is 2. The molecule has 4 rings (SSSR count). The van der Waals surface area contributed by atoms with Crippen molar-refractivity contribution in [2.75, 3.05) is 5.32 Å². The van der Waals surface area contributed by atoms with Crippen LogP contribution < -0.4 is 16.2 Å². The molecule has 0 aromatic carbocycles. The van der Waals surface area contributed by atoms with Gasteiger partial charge in [-0.25, -0.2) is 0 Å². The summed E-state index contributed by atoms with van der Waals surface area (Å²) in [5, 5.41) is 5.70. The third-order valence-electron chi connectivity index (χ3n) is 6.63. The van der Waals surface area contributed by atoms with Crippen LogP contribution in [0.2, 0.25) is 0 Å². The van der Waals surface area contributed by atoms with Gasteiger partial charge in [-0.1, -0.05) is 25.3 Å². The predicted octanol–water partition coefficient (Wildman–Crippen LogP) is 2.79. The van der Waals surface area contributed by atoms with Crippen LogP contribution in [0.25, 0.3) is 0 Å². The number of aryl methyl sites for hydroxylation is 3. The van der Waals surface area contributed by atoms with Crippen LogP contribution in [-0.2, 0) is 29.1 Å². The Hall–Kier alpha value is -2.96. The molecule has 2 aromatic heterocycles. The van der Waals surface area contributed by atoms with E-state index in [1.54, 1.807) is 0 Å². The van der Waals surface area contributed by atoms with E-state index in [2.05, 4.69) is 15.6 Å². The van der Waals surface area contributed by atoms with Crippen molar-refractivity contribution in [3.05, 3.63) is 56.8 Å². The largest absolute Gasteiger partial charge is 0.350 e. The Kier molecular flexibility index (Phi) is 5.94. The van der Waals surface area contributed by atoms with E-state index in [1.807, 2.05) is 39.0 Å². The van der Waals surface area contributed by atoms with E-state index >= 15 is 0 Å². The molecule has 0 spiro atoms. The third kappa shape index (κ3) is 4.55. The summed E-state index contributed by atoms with van der Waals surface area (Å²) in [6, 6.07) is 5.79. The van der Waals surface area contributed by atoms with Crippen LogP contribution in [0.5, 0.6) is 0 Å². The molecule has 1 aliphatic carbocycles. The molecule has 1 aliphatic heterocycles. The summed E-state index contributed by atoms with van der Waals surface area (Å²) in [6.07, 6.45) is 5.14. The summed E-state index contributed by atoms with van der Waals surface area (Å²) in [6.45, 7) is 5.94. The van der Waals surface area contributed by atoms with Crippen LogP contribution in [0.4, 0.5) is 5.69 Å². The fraction of sp³-hybridized carbons (Fsp3) is 0.500. The van der Waals surface area contributed by atoms with Gasteiger partial charge in [0.2, 0.25) is 11.8 Å². The molecular weight excluding hydrogens is 392 g/mol. The number of hydrogen-bond acceptors (Lipinski definition) is 4. The molecular formula is C24H30N4O3. The van der Waals surface area contributed by atoms with Gasteiger partial charge in [-0.3, -0.25) is 19.4 Å². The zero-order valence-electron chi connectivity index (χ0n) is 18.5. The molecule has 1 saturated carbocycles. The molecule has 2 aliphatic rings. The Bertz CT molecular complexity index is 1080. The number of rotatable bonds is 6. The predicted molar refractivity (Wildman–Crippen MR) is 119 cm³/mol. The minimum Gasteiger partial charge on any atom is -0.350 e. The lowest BCUT2D eigenvalue weighted by molar-refractivity contribution is -0.122. The zero-order valence-corrected chi connectivity index (χ0v) is 18.5. The van der Waals surface area contributed by atoms with Crippen molar-refractivity contribution in [1.29, 1.82) is 0 Å². The molecule has 1 unspecified atom stereocenters. The second-order valence-electron chi connectivity index (χ2n) is 8.97. The normalized spacial score (nSPS) is 18.2. The summed E-state index contributed by atoms with van der Waals surface area (Å²) in [7, 11) is 0. The molecule has 7 nitrogen and oxygen atoms in total. The van der Waals surface area contributed by atoms with Gasteiger partial charge in [0, 0.05) is 29.5 Å². The molecule has 3 heterocycles. The average Bonchev–Trinajstić information content (AvgIpc) is 2.68. The van der Waals surface area contributed by atoms with Gasteiger partial charge < -0.3 is 15.2 Å². The number of amides is 2. The fourth-order valence-electron chi connectivity index (χ4n) is 4.53. The molecule has 1 fully saturated rings. The van der Waals surface area contributed by atoms with Gasteiger partial charge in [0.15, 0.2) is 0 Å². The summed E-state index contributed by atoms with van der Waals surface area (Å²) < 4.78 is 1.43. The van der Waals surface area contributed by atoms with Gasteiger partial charge in [0.1, 0.15) is 12.2 Å². The van der Waals surface area contributed by atoms with Gasteiger partial charge in [-0.05, 0) is 62.8 Å². The number of nitrogens with one attached hydrogen (secondary N) is 2. The third-order valence-corrected chi connectivity index (χ3v) is 6.63. The van der Waals surface area contributed by atoms with Crippen molar-refractivity contribution < 1.29 is 9.59 Å². The minimum atomic E-state index is -0.311. The highest BCUT2D eigenvalue weighted by atomic mass is 16.2. The minimum absolute atomic E-state index is 0.0675. The monoisotopic (exact) mass is 422 g/mol. The summed E-state index contributed by atoms with van der Waals surface area (Å²) in [5.74, 6) is 0.241. The van der Waals surface area contributed by atoms with Gasteiger partial charge in [0.05, 0.1) is 0 Å². The van der Waals surface area contributed by atoms with Crippen molar-refractivity contribution in [3.8, 4) is 0 Å². The average molecular weight is 423 g/mol. The summed E-state index contributed by atoms with van der Waals surface area (Å²) >= 11 is 0. The van der Waals surface area contributed by atoms with E-state index in [9.17, 15) is 14.4 Å². The van der Waals surface area contributed by atoms with Gasteiger partial charge >= 0.3 is 0 Å². The second-order valence-corrected chi connectivity index (χ2v) is 8.97. The summed E-state index contributed by atoms with van der Waals surface area (Å²) in [4.78, 5) is 42.6. The molecule has 2 amide bonds. The Balaban J connectivity index is 1.45. The van der Waals surface area contributed by atoms with E-state index in [4.69, 9.17) is 0 Å². The van der Waals surface area contributed by atoms with Crippen LogP contribution in [0.1, 0.15) is 53.9 Å². The van der Waals surface area contributed by atoms with E-state index in [1.165, 1.54) is 23.8 Å². The van der Waals surface area contributed by atoms with Gasteiger partial charge in [-0.2, -0.15) is 0 Å². The Morgan fingerprint density at radius 3 is 2.68 bits per heavy atom. The van der Waals surface area contributed by atoms with Crippen molar-refractivity contribution in [2.45, 2.75) is 66.0 Å². The molecule has 164 valence electrons. The van der Waals surface area contributed by atoms with E-state index in [0.29, 0.717) is 24.6 Å². The Morgan fingerprint density at radius 1 is 1.23 bits per heavy atom. The molecule has 1 atom stereocenters. The molecule has 0 saturated heterocycles. The number of nitrogens with zero attached hydrogens (tertiary/aromatic N) is 2. The van der Waals surface area contributed by atoms with Crippen LogP contribution in [0, 0.1) is 32.6 Å². The first-order valence-corrected chi connectivity index (χ1v) is 11.1. The molecule has 0 radical (unpaired) electrons. The lowest BCUT2D eigenvalue weighted by Gasteiger charge is -2.32. The first-order chi connectivity index (χ1) is 14.8. The van der Waals surface area contributed by atoms with Crippen LogP contribution in [0.15, 0.2) is 23.0 Å². The number of aromatic nitrogens is 2. The quantitative estimate of drug-likeness (QED) is 0.749. The Labute approximate surface area is 182 Å². The first kappa shape index (κ1) is 21.3. The smallest absolute Gasteiger partial charge is 0.275 e. The van der Waals surface area contributed by atoms with E-state index in [-0.39, 0.29) is 29.8 Å². The highest BCUT2D eigenvalue weighted by Crippen LogP contribution is 2.35. The number of anilines is 1. The fourth-order valence-corrected chi connectivity index (χ4v) is 4.53. The maximum absolute atomic E-state index is 13.0. The number of carbonyl (C=O) groups excluding carboxylic acids is 2. The first-order valence-electron chi connectivity index (χ1n) is 11.1. The van der Waals surface area contributed by atoms with Crippen LogP contribution >= 0.6 is 0 Å². The molecule has 0 bridgehead atoms. The van der Waals surface area contributed by atoms with Crippen molar-refractivity contribution in [1.82, 2.24) is 14.9 Å². The van der Waals surface area contributed by atoms with Crippen LogP contribution in [-0.4, -0.2) is 21.4 Å². The van der Waals surface area contributed by atoms with Gasteiger partial charge in [-0.15, -0.1) is 0 Å². The van der Waals surface area contributed by atoms with E-state index in [0.717, 1.165) is 34.6 Å². The second kappa shape index (κ2) is 8.65. The topological polar surface area (TPSA) is 93.1 Å². The van der Waals surface area contributed by atoms with Crippen molar-refractivity contribution >= 4 is 17.5 Å². The molecule has 2 N–H and O–H groups in total. The van der Waals surface area contributed by atoms with Gasteiger partial charge in [0.25, 0.3) is 5.56 Å². The lowest BCUT2D eigenvalue weighted by Crippen LogP contribution is -2.39. The number of hydrogen-bond donors (Lipinski definition) is 2. The maximum Gasteiger partial charge on any atom is 0.275 e. The highest BCUT2D eigenvalue weighted by molar-refractivity contribution is 5.95. The Morgan fingerprint density at radius 2 is 2.00 bits per heavy atom. The number of pyridine rings is 2. The maximum atomic E-state index is 13.0. The van der Waals surface area contributed by atoms with Crippen LogP contribution in [0.3, 0.4) is 0 Å². The summed E-state index contributed by atoms with van der Waals surface area (Å²) in [5.41, 5.74) is 4.37.